The van der Waals surface area contributed by atoms with Crippen molar-refractivity contribution in [1.29, 1.82) is 0 Å². The predicted octanol–water partition coefficient (Wildman–Crippen LogP) is 5.65. The molecule has 0 spiro atoms. The van der Waals surface area contributed by atoms with Gasteiger partial charge in [-0.25, -0.2) is 4.79 Å². The van der Waals surface area contributed by atoms with Crippen molar-refractivity contribution >= 4 is 40.5 Å². The lowest BCUT2D eigenvalue weighted by Crippen LogP contribution is -2.22. The van der Waals surface area contributed by atoms with Crippen molar-refractivity contribution in [3.63, 3.8) is 0 Å². The summed E-state index contributed by atoms with van der Waals surface area (Å²) < 4.78 is 5.37. The summed E-state index contributed by atoms with van der Waals surface area (Å²) in [6, 6.07) is 17.5. The molecule has 1 amide bonds. The van der Waals surface area contributed by atoms with Crippen molar-refractivity contribution in [2.24, 2.45) is 0 Å². The molecule has 0 saturated carbocycles. The predicted molar refractivity (Wildman–Crippen MR) is 124 cm³/mol. The minimum atomic E-state index is -0.519. The standard InChI is InChI=1S/C25H25NO3S/c1-4-20-11-6-9-18(3)24(20)26-23(27)16-29-25(28)21(22-12-7-13-30-22)15-19-10-5-8-17(2)14-19/h5-15H,4,16H2,1-3H3,(H,26,27)/b21-15+. The van der Waals surface area contributed by atoms with Crippen LogP contribution in [-0.2, 0) is 20.7 Å². The van der Waals surface area contributed by atoms with E-state index >= 15 is 0 Å². The molecule has 0 saturated heterocycles. The van der Waals surface area contributed by atoms with E-state index in [9.17, 15) is 9.59 Å². The Kier molecular flexibility index (Phi) is 7.20. The summed E-state index contributed by atoms with van der Waals surface area (Å²) in [6.07, 6.45) is 2.61. The third-order valence-corrected chi connectivity index (χ3v) is 5.60. The van der Waals surface area contributed by atoms with Crippen molar-refractivity contribution in [1.82, 2.24) is 0 Å². The van der Waals surface area contributed by atoms with Crippen LogP contribution < -0.4 is 5.32 Å². The zero-order valence-corrected chi connectivity index (χ0v) is 18.2. The number of carbonyl (C=O) groups excluding carboxylic acids is 2. The molecule has 3 aromatic rings. The van der Waals surface area contributed by atoms with Crippen molar-refractivity contribution in [2.45, 2.75) is 27.2 Å². The van der Waals surface area contributed by atoms with Crippen LogP contribution in [0.2, 0.25) is 0 Å². The van der Waals surface area contributed by atoms with Gasteiger partial charge in [-0.2, -0.15) is 0 Å². The molecule has 30 heavy (non-hydrogen) atoms. The van der Waals surface area contributed by atoms with Crippen LogP contribution in [0, 0.1) is 13.8 Å². The lowest BCUT2D eigenvalue weighted by atomic mass is 10.1. The van der Waals surface area contributed by atoms with Crippen LogP contribution in [0.5, 0.6) is 0 Å². The van der Waals surface area contributed by atoms with Crippen LogP contribution in [0.4, 0.5) is 5.69 Å². The number of carbonyl (C=O) groups is 2. The van der Waals surface area contributed by atoms with Crippen LogP contribution in [-0.4, -0.2) is 18.5 Å². The Morgan fingerprint density at radius 2 is 1.87 bits per heavy atom. The van der Waals surface area contributed by atoms with Gasteiger partial charge in [0.15, 0.2) is 6.61 Å². The molecule has 2 aromatic carbocycles. The van der Waals surface area contributed by atoms with Gasteiger partial charge in [-0.3, -0.25) is 4.79 Å². The van der Waals surface area contributed by atoms with Gasteiger partial charge in [-0.15, -0.1) is 11.3 Å². The number of thiophene rings is 1. The van der Waals surface area contributed by atoms with Crippen molar-refractivity contribution < 1.29 is 14.3 Å². The largest absolute Gasteiger partial charge is 0.452 e. The van der Waals surface area contributed by atoms with Gasteiger partial charge in [0.2, 0.25) is 0 Å². The maximum atomic E-state index is 12.8. The lowest BCUT2D eigenvalue weighted by molar-refractivity contribution is -0.141. The summed E-state index contributed by atoms with van der Waals surface area (Å²) in [5, 5.41) is 4.79. The van der Waals surface area contributed by atoms with Gasteiger partial charge < -0.3 is 10.1 Å². The van der Waals surface area contributed by atoms with Crippen molar-refractivity contribution in [3.05, 3.63) is 87.1 Å². The normalized spacial score (nSPS) is 11.2. The molecule has 154 valence electrons. The van der Waals surface area contributed by atoms with E-state index in [0.29, 0.717) is 5.57 Å². The molecule has 0 aliphatic heterocycles. The molecule has 0 aliphatic carbocycles. The first-order valence-corrected chi connectivity index (χ1v) is 10.7. The number of nitrogens with one attached hydrogen (secondary N) is 1. The number of hydrogen-bond acceptors (Lipinski definition) is 4. The molecule has 0 radical (unpaired) electrons. The highest BCUT2D eigenvalue weighted by Crippen LogP contribution is 2.25. The highest BCUT2D eigenvalue weighted by atomic mass is 32.1. The number of hydrogen-bond donors (Lipinski definition) is 1. The highest BCUT2D eigenvalue weighted by molar-refractivity contribution is 7.11. The van der Waals surface area contributed by atoms with Crippen LogP contribution in [0.25, 0.3) is 11.6 Å². The summed E-state index contributed by atoms with van der Waals surface area (Å²) in [4.78, 5) is 26.1. The molecular weight excluding hydrogens is 394 g/mol. The zero-order valence-electron chi connectivity index (χ0n) is 17.4. The number of para-hydroxylation sites is 1. The Hall–Kier alpha value is -3.18. The molecular formula is C25H25NO3S. The smallest absolute Gasteiger partial charge is 0.340 e. The Morgan fingerprint density at radius 1 is 1.07 bits per heavy atom. The molecule has 1 aromatic heterocycles. The third kappa shape index (κ3) is 5.45. The molecule has 1 heterocycles. The van der Waals surface area contributed by atoms with Gasteiger partial charge >= 0.3 is 5.97 Å². The molecule has 0 unspecified atom stereocenters. The number of benzene rings is 2. The first-order chi connectivity index (χ1) is 14.5. The second-order valence-corrected chi connectivity index (χ2v) is 7.98. The summed E-state index contributed by atoms with van der Waals surface area (Å²) in [5.41, 5.74) is 5.27. The van der Waals surface area contributed by atoms with Crippen LogP contribution in [0.1, 0.15) is 34.1 Å². The molecule has 4 nitrogen and oxygen atoms in total. The first-order valence-electron chi connectivity index (χ1n) is 9.85. The summed E-state index contributed by atoms with van der Waals surface area (Å²) in [7, 11) is 0. The van der Waals surface area contributed by atoms with Gasteiger partial charge in [-0.05, 0) is 54.5 Å². The molecule has 0 atom stereocenters. The molecule has 0 fully saturated rings. The average molecular weight is 420 g/mol. The van der Waals surface area contributed by atoms with E-state index in [1.165, 1.54) is 11.3 Å². The average Bonchev–Trinajstić information content (AvgIpc) is 3.26. The second kappa shape index (κ2) is 10.0. The maximum Gasteiger partial charge on any atom is 0.340 e. The number of amides is 1. The van der Waals surface area contributed by atoms with Crippen LogP contribution in [0.15, 0.2) is 60.0 Å². The van der Waals surface area contributed by atoms with Gasteiger partial charge in [0, 0.05) is 10.6 Å². The molecule has 3 rings (SSSR count). The van der Waals surface area contributed by atoms with E-state index in [2.05, 4.69) is 5.32 Å². The van der Waals surface area contributed by atoms with E-state index < -0.39 is 5.97 Å². The second-order valence-electron chi connectivity index (χ2n) is 7.04. The van der Waals surface area contributed by atoms with E-state index in [4.69, 9.17) is 4.74 Å². The molecule has 0 bridgehead atoms. The third-order valence-electron chi connectivity index (χ3n) is 4.70. The van der Waals surface area contributed by atoms with E-state index in [-0.39, 0.29) is 12.5 Å². The van der Waals surface area contributed by atoms with Gasteiger partial charge in [0.05, 0.1) is 5.57 Å². The van der Waals surface area contributed by atoms with Crippen molar-refractivity contribution in [3.8, 4) is 0 Å². The fraction of sp³-hybridized carbons (Fsp3) is 0.200. The summed E-state index contributed by atoms with van der Waals surface area (Å²) >= 11 is 1.46. The van der Waals surface area contributed by atoms with Crippen LogP contribution >= 0.6 is 11.3 Å². The topological polar surface area (TPSA) is 55.4 Å². The van der Waals surface area contributed by atoms with E-state index in [0.717, 1.165) is 39.2 Å². The number of anilines is 1. The minimum Gasteiger partial charge on any atom is -0.452 e. The Balaban J connectivity index is 1.73. The Labute approximate surface area is 181 Å². The number of esters is 1. The van der Waals surface area contributed by atoms with Gasteiger partial charge in [-0.1, -0.05) is 61.0 Å². The highest BCUT2D eigenvalue weighted by Gasteiger charge is 2.17. The summed E-state index contributed by atoms with van der Waals surface area (Å²) in [6.45, 7) is 5.64. The fourth-order valence-electron chi connectivity index (χ4n) is 3.18. The van der Waals surface area contributed by atoms with E-state index in [1.807, 2.05) is 80.7 Å². The summed E-state index contributed by atoms with van der Waals surface area (Å²) in [5.74, 6) is -0.872. The molecule has 5 heteroatoms. The molecule has 0 aliphatic rings. The zero-order chi connectivity index (χ0) is 21.5. The fourth-order valence-corrected chi connectivity index (χ4v) is 3.91. The lowest BCUT2D eigenvalue weighted by Gasteiger charge is -2.13. The quantitative estimate of drug-likeness (QED) is 0.398. The van der Waals surface area contributed by atoms with Crippen molar-refractivity contribution in [2.75, 3.05) is 11.9 Å². The number of aryl methyl sites for hydroxylation is 3. The maximum absolute atomic E-state index is 12.8. The van der Waals surface area contributed by atoms with Crippen LogP contribution in [0.3, 0.4) is 0 Å². The van der Waals surface area contributed by atoms with Gasteiger partial charge in [0.1, 0.15) is 0 Å². The number of rotatable bonds is 7. The number of ether oxygens (including phenoxy) is 1. The Bertz CT molecular complexity index is 1070. The monoisotopic (exact) mass is 419 g/mol. The SMILES string of the molecule is CCc1cccc(C)c1NC(=O)COC(=O)/C(=C/c1cccc(C)c1)c1cccs1. The first kappa shape index (κ1) is 21.5. The molecule has 1 N–H and O–H groups in total. The van der Waals surface area contributed by atoms with E-state index in [1.54, 1.807) is 6.08 Å². The Morgan fingerprint density at radius 3 is 2.57 bits per heavy atom. The minimum absolute atomic E-state index is 0.340. The van der Waals surface area contributed by atoms with Gasteiger partial charge in [0.25, 0.3) is 5.91 Å².